The van der Waals surface area contributed by atoms with Crippen LogP contribution in [0, 0.1) is 11.8 Å². The molecule has 166 valence electrons. The molecular formula is C24H31N3O3S. The lowest BCUT2D eigenvalue weighted by Gasteiger charge is -2.34. The number of rotatable bonds is 5. The minimum absolute atomic E-state index is 0.0874. The largest absolute Gasteiger partial charge is 0.373 e. The van der Waals surface area contributed by atoms with Crippen LogP contribution in [0.3, 0.4) is 0 Å². The molecular weight excluding hydrogens is 410 g/mol. The Bertz CT molecular complexity index is 1040. The van der Waals surface area contributed by atoms with Crippen molar-refractivity contribution in [2.45, 2.75) is 50.6 Å². The summed E-state index contributed by atoms with van der Waals surface area (Å²) in [6.45, 7) is 7.75. The van der Waals surface area contributed by atoms with Gasteiger partial charge in [0.05, 0.1) is 4.90 Å². The van der Waals surface area contributed by atoms with Gasteiger partial charge in [0, 0.05) is 31.2 Å². The van der Waals surface area contributed by atoms with E-state index in [0.717, 1.165) is 23.2 Å². The lowest BCUT2D eigenvalue weighted by Crippen LogP contribution is -2.42. The van der Waals surface area contributed by atoms with Gasteiger partial charge < -0.3 is 10.6 Å². The molecule has 2 aliphatic rings. The van der Waals surface area contributed by atoms with Crippen molar-refractivity contribution >= 4 is 21.6 Å². The molecule has 6 nitrogen and oxygen atoms in total. The van der Waals surface area contributed by atoms with Crippen LogP contribution in [-0.2, 0) is 21.4 Å². The van der Waals surface area contributed by atoms with E-state index in [9.17, 15) is 13.2 Å². The number of benzene rings is 2. The summed E-state index contributed by atoms with van der Waals surface area (Å²) in [5.41, 5.74) is 2.74. The van der Waals surface area contributed by atoms with Crippen LogP contribution in [0.1, 0.15) is 44.2 Å². The van der Waals surface area contributed by atoms with Gasteiger partial charge in [-0.3, -0.25) is 4.79 Å². The van der Waals surface area contributed by atoms with Crippen LogP contribution in [0.25, 0.3) is 0 Å². The molecule has 0 saturated carbocycles. The number of carbonyl (C=O) groups is 1. The zero-order chi connectivity index (χ0) is 22.2. The van der Waals surface area contributed by atoms with Crippen molar-refractivity contribution in [2.75, 3.05) is 18.4 Å². The van der Waals surface area contributed by atoms with E-state index in [2.05, 4.69) is 24.5 Å². The van der Waals surface area contributed by atoms with Gasteiger partial charge in [-0.2, -0.15) is 4.31 Å². The molecule has 1 amide bonds. The zero-order valence-corrected chi connectivity index (χ0v) is 19.2. The summed E-state index contributed by atoms with van der Waals surface area (Å²) in [5, 5.41) is 6.26. The van der Waals surface area contributed by atoms with E-state index in [-0.39, 0.29) is 11.8 Å². The maximum atomic E-state index is 13.3. The monoisotopic (exact) mass is 441 g/mol. The fourth-order valence-electron chi connectivity index (χ4n) is 4.82. The van der Waals surface area contributed by atoms with Crippen molar-refractivity contribution in [1.29, 1.82) is 0 Å². The Balaban J connectivity index is 1.49. The van der Waals surface area contributed by atoms with Gasteiger partial charge in [-0.15, -0.1) is 0 Å². The lowest BCUT2D eigenvalue weighted by molar-refractivity contribution is -0.122. The maximum Gasteiger partial charge on any atom is 0.243 e. The Kier molecular flexibility index (Phi) is 6.08. The number of nitrogens with one attached hydrogen (secondary N) is 2. The molecule has 0 bridgehead atoms. The first-order chi connectivity index (χ1) is 14.8. The quantitative estimate of drug-likeness (QED) is 0.744. The van der Waals surface area contributed by atoms with Crippen molar-refractivity contribution in [3.8, 4) is 0 Å². The summed E-state index contributed by atoms with van der Waals surface area (Å²) in [6, 6.07) is 14.5. The molecule has 2 aromatic carbocycles. The second-order valence-corrected chi connectivity index (χ2v) is 11.1. The summed E-state index contributed by atoms with van der Waals surface area (Å²) in [5.74, 6) is 0.494. The van der Waals surface area contributed by atoms with E-state index in [1.165, 1.54) is 0 Å². The van der Waals surface area contributed by atoms with Crippen LogP contribution in [-0.4, -0.2) is 37.8 Å². The lowest BCUT2D eigenvalue weighted by atomic mass is 9.94. The van der Waals surface area contributed by atoms with Gasteiger partial charge in [0.25, 0.3) is 0 Å². The second kappa shape index (κ2) is 8.63. The first kappa shape index (κ1) is 21.8. The van der Waals surface area contributed by atoms with Crippen molar-refractivity contribution in [1.82, 2.24) is 9.62 Å². The van der Waals surface area contributed by atoms with Crippen molar-refractivity contribution < 1.29 is 13.2 Å². The number of carbonyl (C=O) groups excluding carboxylic acids is 1. The summed E-state index contributed by atoms with van der Waals surface area (Å²) < 4.78 is 28.2. The number of nitrogens with zero attached hydrogens (tertiary/aromatic N) is 1. The van der Waals surface area contributed by atoms with E-state index < -0.39 is 16.1 Å². The SMILES string of the molecule is CC1CC(C)CN(S(=O)(=O)c2ccc3c(c2)C(C)C(C(=O)NCc2ccccc2)N3)C1. The van der Waals surface area contributed by atoms with E-state index >= 15 is 0 Å². The molecule has 2 aromatic rings. The van der Waals surface area contributed by atoms with Crippen LogP contribution in [0.5, 0.6) is 0 Å². The Hall–Kier alpha value is -2.38. The normalized spacial score (nSPS) is 26.2. The number of anilines is 1. The highest BCUT2D eigenvalue weighted by molar-refractivity contribution is 7.89. The summed E-state index contributed by atoms with van der Waals surface area (Å²) in [4.78, 5) is 13.1. The van der Waals surface area contributed by atoms with Gasteiger partial charge >= 0.3 is 0 Å². The third-order valence-corrected chi connectivity index (χ3v) is 8.22. The van der Waals surface area contributed by atoms with Crippen molar-refractivity contribution in [3.05, 3.63) is 59.7 Å². The molecule has 4 rings (SSSR count). The van der Waals surface area contributed by atoms with E-state index in [1.54, 1.807) is 22.5 Å². The maximum absolute atomic E-state index is 13.3. The van der Waals surface area contributed by atoms with Crippen LogP contribution in [0.15, 0.2) is 53.4 Å². The molecule has 1 fully saturated rings. The number of hydrogen-bond donors (Lipinski definition) is 2. The highest BCUT2D eigenvalue weighted by atomic mass is 32.2. The second-order valence-electron chi connectivity index (χ2n) is 9.13. The van der Waals surface area contributed by atoms with Crippen LogP contribution >= 0.6 is 0 Å². The Morgan fingerprint density at radius 2 is 1.74 bits per heavy atom. The molecule has 0 aromatic heterocycles. The standard InChI is InChI=1S/C24H31N3O3S/c1-16-11-17(2)15-27(14-16)31(29,30)20-9-10-22-21(12-20)18(3)23(26-22)24(28)25-13-19-7-5-4-6-8-19/h4-10,12,16-18,23,26H,11,13-15H2,1-3H3,(H,25,28). The highest BCUT2D eigenvalue weighted by Gasteiger charge is 2.36. The Morgan fingerprint density at radius 1 is 1.06 bits per heavy atom. The molecule has 1 saturated heterocycles. The average Bonchev–Trinajstić information content (AvgIpc) is 3.08. The third kappa shape index (κ3) is 4.48. The van der Waals surface area contributed by atoms with E-state index in [0.29, 0.717) is 36.4 Å². The summed E-state index contributed by atoms with van der Waals surface area (Å²) >= 11 is 0. The molecule has 31 heavy (non-hydrogen) atoms. The van der Waals surface area contributed by atoms with Gasteiger partial charge in [0.1, 0.15) is 6.04 Å². The number of hydrogen-bond acceptors (Lipinski definition) is 4. The Morgan fingerprint density at radius 3 is 2.42 bits per heavy atom. The van der Waals surface area contributed by atoms with Crippen LogP contribution in [0.2, 0.25) is 0 Å². The molecule has 4 atom stereocenters. The predicted molar refractivity (Wildman–Crippen MR) is 122 cm³/mol. The van der Waals surface area contributed by atoms with Gasteiger partial charge in [0.15, 0.2) is 0 Å². The van der Waals surface area contributed by atoms with E-state index in [4.69, 9.17) is 0 Å². The highest BCUT2D eigenvalue weighted by Crippen LogP contribution is 2.38. The van der Waals surface area contributed by atoms with Gasteiger partial charge in [-0.25, -0.2) is 8.42 Å². The minimum Gasteiger partial charge on any atom is -0.373 e. The average molecular weight is 442 g/mol. The molecule has 7 heteroatoms. The van der Waals surface area contributed by atoms with Crippen molar-refractivity contribution in [3.63, 3.8) is 0 Å². The summed E-state index contributed by atoms with van der Waals surface area (Å²) in [7, 11) is -3.55. The number of piperidine rings is 1. The van der Waals surface area contributed by atoms with Crippen LogP contribution < -0.4 is 10.6 Å². The molecule has 4 unspecified atom stereocenters. The van der Waals surface area contributed by atoms with Gasteiger partial charge in [-0.05, 0) is 47.6 Å². The van der Waals surface area contributed by atoms with Gasteiger partial charge in [0.2, 0.25) is 15.9 Å². The third-order valence-electron chi connectivity index (χ3n) is 6.39. The fourth-order valence-corrected chi connectivity index (χ4v) is 6.54. The fraction of sp³-hybridized carbons (Fsp3) is 0.458. The van der Waals surface area contributed by atoms with Crippen LogP contribution in [0.4, 0.5) is 5.69 Å². The predicted octanol–water partition coefficient (Wildman–Crippen LogP) is 3.57. The smallest absolute Gasteiger partial charge is 0.243 e. The molecule has 2 aliphatic heterocycles. The topological polar surface area (TPSA) is 78.5 Å². The minimum atomic E-state index is -3.55. The number of amides is 1. The number of fused-ring (bicyclic) bond motifs is 1. The molecule has 0 radical (unpaired) electrons. The van der Waals surface area contributed by atoms with Gasteiger partial charge in [-0.1, -0.05) is 51.1 Å². The molecule has 2 heterocycles. The first-order valence-corrected chi connectivity index (χ1v) is 12.4. The first-order valence-electron chi connectivity index (χ1n) is 11.0. The molecule has 0 aliphatic carbocycles. The van der Waals surface area contributed by atoms with Crippen molar-refractivity contribution in [2.24, 2.45) is 11.8 Å². The number of sulfonamides is 1. The zero-order valence-electron chi connectivity index (χ0n) is 18.3. The van der Waals surface area contributed by atoms with E-state index in [1.807, 2.05) is 37.3 Å². The Labute approximate surface area is 185 Å². The molecule has 2 N–H and O–H groups in total. The summed E-state index contributed by atoms with van der Waals surface area (Å²) in [6.07, 6.45) is 1.05. The molecule has 0 spiro atoms.